The van der Waals surface area contributed by atoms with E-state index in [1.807, 2.05) is 0 Å². The molecule has 0 spiro atoms. The van der Waals surface area contributed by atoms with Crippen molar-refractivity contribution >= 4 is 10.9 Å². The highest BCUT2D eigenvalue weighted by Gasteiger charge is 2.13. The fourth-order valence-electron chi connectivity index (χ4n) is 2.07. The first-order valence-corrected chi connectivity index (χ1v) is 5.55. The lowest BCUT2D eigenvalue weighted by Gasteiger charge is -2.08. The molecule has 0 aliphatic heterocycles. The third-order valence-electron chi connectivity index (χ3n) is 2.99. The first kappa shape index (κ1) is 11.5. The van der Waals surface area contributed by atoms with Gasteiger partial charge in [0.1, 0.15) is 5.75 Å². The molecule has 0 amide bonds. The number of aromatic hydroxyl groups is 2. The maximum atomic E-state index is 13.8. The Balaban J connectivity index is 2.31. The summed E-state index contributed by atoms with van der Waals surface area (Å²) in [6, 6.07) is 8.05. The van der Waals surface area contributed by atoms with Gasteiger partial charge in [-0.05, 0) is 18.2 Å². The minimum atomic E-state index is -0.904. The highest BCUT2D eigenvalue weighted by molar-refractivity contribution is 5.87. The van der Waals surface area contributed by atoms with E-state index in [-0.39, 0.29) is 11.4 Å². The van der Waals surface area contributed by atoms with Gasteiger partial charge in [0, 0.05) is 23.7 Å². The Morgan fingerprint density at radius 2 is 1.68 bits per heavy atom. The van der Waals surface area contributed by atoms with Crippen molar-refractivity contribution in [3.63, 3.8) is 0 Å². The summed E-state index contributed by atoms with van der Waals surface area (Å²) in [6.07, 6.45) is 1.53. The van der Waals surface area contributed by atoms with E-state index in [2.05, 4.69) is 0 Å². The van der Waals surface area contributed by atoms with E-state index in [4.69, 9.17) is 5.11 Å². The first-order valence-electron chi connectivity index (χ1n) is 5.55. The highest BCUT2D eigenvalue weighted by Crippen LogP contribution is 2.30. The summed E-state index contributed by atoms with van der Waals surface area (Å²) in [7, 11) is 0. The molecule has 0 atom stereocenters. The molecule has 3 aromatic rings. The van der Waals surface area contributed by atoms with E-state index >= 15 is 0 Å². The van der Waals surface area contributed by atoms with Crippen LogP contribution in [-0.2, 0) is 0 Å². The van der Waals surface area contributed by atoms with Gasteiger partial charge in [-0.25, -0.2) is 8.78 Å². The standard InChI is InChI=1S/C14H9F2NO2/c15-9-7-14(19)10(16)6-12(9)17-5-4-8-11(17)2-1-3-13(8)18/h1-7,18-19H. The number of benzene rings is 2. The molecule has 5 heteroatoms. The third-order valence-corrected chi connectivity index (χ3v) is 2.99. The van der Waals surface area contributed by atoms with Crippen LogP contribution in [0, 0.1) is 11.6 Å². The van der Waals surface area contributed by atoms with E-state index in [1.54, 1.807) is 18.2 Å². The van der Waals surface area contributed by atoms with Gasteiger partial charge >= 0.3 is 0 Å². The Kier molecular flexibility index (Phi) is 2.41. The molecule has 0 radical (unpaired) electrons. The lowest BCUT2D eigenvalue weighted by Crippen LogP contribution is -1.97. The molecule has 2 N–H and O–H groups in total. The van der Waals surface area contributed by atoms with Gasteiger partial charge in [0.2, 0.25) is 0 Å². The quantitative estimate of drug-likeness (QED) is 0.705. The summed E-state index contributed by atoms with van der Waals surface area (Å²) in [5.74, 6) is -2.32. The lowest BCUT2D eigenvalue weighted by atomic mass is 10.2. The fourth-order valence-corrected chi connectivity index (χ4v) is 2.07. The van der Waals surface area contributed by atoms with E-state index < -0.39 is 17.4 Å². The Bertz CT molecular complexity index is 780. The zero-order chi connectivity index (χ0) is 13.6. The lowest BCUT2D eigenvalue weighted by molar-refractivity contribution is 0.426. The van der Waals surface area contributed by atoms with Gasteiger partial charge in [-0.2, -0.15) is 0 Å². The Hall–Kier alpha value is -2.56. The van der Waals surface area contributed by atoms with Gasteiger partial charge < -0.3 is 14.8 Å². The maximum Gasteiger partial charge on any atom is 0.167 e. The smallest absolute Gasteiger partial charge is 0.167 e. The molecule has 3 nitrogen and oxygen atoms in total. The van der Waals surface area contributed by atoms with Crippen LogP contribution in [0.2, 0.25) is 0 Å². The predicted octanol–water partition coefficient (Wildman–Crippen LogP) is 3.32. The van der Waals surface area contributed by atoms with Crippen molar-refractivity contribution in [1.29, 1.82) is 0 Å². The topological polar surface area (TPSA) is 45.4 Å². The Labute approximate surface area is 107 Å². The maximum absolute atomic E-state index is 13.8. The molecule has 1 heterocycles. The van der Waals surface area contributed by atoms with E-state index in [0.717, 1.165) is 12.1 Å². The molecule has 3 rings (SSSR count). The molecule has 0 saturated heterocycles. The van der Waals surface area contributed by atoms with Gasteiger partial charge in [-0.15, -0.1) is 0 Å². The van der Waals surface area contributed by atoms with Crippen molar-refractivity contribution in [2.75, 3.05) is 0 Å². The van der Waals surface area contributed by atoms with E-state index in [1.165, 1.54) is 16.8 Å². The summed E-state index contributed by atoms with van der Waals surface area (Å²) >= 11 is 0. The van der Waals surface area contributed by atoms with Crippen molar-refractivity contribution in [3.8, 4) is 17.2 Å². The number of halogens is 2. The number of nitrogens with zero attached hydrogens (tertiary/aromatic N) is 1. The van der Waals surface area contributed by atoms with Crippen molar-refractivity contribution < 1.29 is 19.0 Å². The van der Waals surface area contributed by atoms with Crippen LogP contribution in [0.3, 0.4) is 0 Å². The van der Waals surface area contributed by atoms with Crippen molar-refractivity contribution in [3.05, 3.63) is 54.2 Å². The number of aromatic nitrogens is 1. The van der Waals surface area contributed by atoms with Crippen LogP contribution in [0.25, 0.3) is 16.6 Å². The molecular formula is C14H9F2NO2. The van der Waals surface area contributed by atoms with Crippen molar-refractivity contribution in [1.82, 2.24) is 4.57 Å². The number of rotatable bonds is 1. The predicted molar refractivity (Wildman–Crippen MR) is 66.5 cm³/mol. The molecule has 96 valence electrons. The van der Waals surface area contributed by atoms with Gasteiger partial charge in [-0.1, -0.05) is 6.07 Å². The van der Waals surface area contributed by atoms with Gasteiger partial charge in [0.15, 0.2) is 17.4 Å². The minimum absolute atomic E-state index is 0.0316. The molecule has 2 aromatic carbocycles. The zero-order valence-electron chi connectivity index (χ0n) is 9.64. The third kappa shape index (κ3) is 1.71. The second-order valence-corrected chi connectivity index (χ2v) is 4.15. The highest BCUT2D eigenvalue weighted by atomic mass is 19.1. The second kappa shape index (κ2) is 3.98. The molecule has 0 unspecified atom stereocenters. The molecule has 1 aromatic heterocycles. The minimum Gasteiger partial charge on any atom is -0.507 e. The van der Waals surface area contributed by atoms with Gasteiger partial charge in [0.05, 0.1) is 11.2 Å². The molecular weight excluding hydrogens is 252 g/mol. The average Bonchev–Trinajstić information content (AvgIpc) is 2.79. The molecule has 0 saturated carbocycles. The zero-order valence-corrected chi connectivity index (χ0v) is 9.64. The number of fused-ring (bicyclic) bond motifs is 1. The SMILES string of the molecule is Oc1cc(F)c(-n2ccc3c(O)cccc32)cc1F. The second-order valence-electron chi connectivity index (χ2n) is 4.15. The van der Waals surface area contributed by atoms with Gasteiger partial charge in [0.25, 0.3) is 0 Å². The van der Waals surface area contributed by atoms with Crippen LogP contribution in [0.4, 0.5) is 8.78 Å². The van der Waals surface area contributed by atoms with Crippen LogP contribution in [0.5, 0.6) is 11.5 Å². The first-order chi connectivity index (χ1) is 9.08. The summed E-state index contributed by atoms with van der Waals surface area (Å²) in [5.41, 5.74) is 0.514. The summed E-state index contributed by atoms with van der Waals surface area (Å²) in [6.45, 7) is 0. The van der Waals surface area contributed by atoms with Crippen LogP contribution in [0.15, 0.2) is 42.6 Å². The normalized spacial score (nSPS) is 11.1. The Morgan fingerprint density at radius 1 is 0.895 bits per heavy atom. The van der Waals surface area contributed by atoms with Crippen molar-refractivity contribution in [2.45, 2.75) is 0 Å². The molecule has 0 fully saturated rings. The fraction of sp³-hybridized carbons (Fsp3) is 0. The summed E-state index contributed by atoms with van der Waals surface area (Å²) in [5, 5.41) is 19.3. The van der Waals surface area contributed by atoms with Gasteiger partial charge in [-0.3, -0.25) is 0 Å². The molecule has 19 heavy (non-hydrogen) atoms. The molecule has 0 aliphatic rings. The van der Waals surface area contributed by atoms with Crippen LogP contribution < -0.4 is 0 Å². The van der Waals surface area contributed by atoms with E-state index in [0.29, 0.717) is 10.9 Å². The number of phenols is 2. The Morgan fingerprint density at radius 3 is 2.47 bits per heavy atom. The number of phenolic OH excluding ortho intramolecular Hbond substituents is 2. The summed E-state index contributed by atoms with van der Waals surface area (Å²) in [4.78, 5) is 0. The molecule has 0 bridgehead atoms. The monoisotopic (exact) mass is 261 g/mol. The van der Waals surface area contributed by atoms with E-state index in [9.17, 15) is 13.9 Å². The largest absolute Gasteiger partial charge is 0.507 e. The van der Waals surface area contributed by atoms with Crippen LogP contribution in [-0.4, -0.2) is 14.8 Å². The van der Waals surface area contributed by atoms with Crippen LogP contribution in [0.1, 0.15) is 0 Å². The van der Waals surface area contributed by atoms with Crippen molar-refractivity contribution in [2.24, 2.45) is 0 Å². The number of hydrogen-bond acceptors (Lipinski definition) is 2. The van der Waals surface area contributed by atoms with Crippen LogP contribution >= 0.6 is 0 Å². The number of hydrogen-bond donors (Lipinski definition) is 2. The molecule has 0 aliphatic carbocycles. The summed E-state index contributed by atoms with van der Waals surface area (Å²) < 4.78 is 28.6. The average molecular weight is 261 g/mol.